The second kappa shape index (κ2) is 7.18. The third-order valence-electron chi connectivity index (χ3n) is 0.137. The average molecular weight is 161 g/mol. The van der Waals surface area contributed by atoms with E-state index in [1.165, 1.54) is 0 Å². The van der Waals surface area contributed by atoms with E-state index in [9.17, 15) is 4.57 Å². The van der Waals surface area contributed by atoms with Gasteiger partial charge in [0.05, 0.1) is 0 Å². The molecule has 0 atom stereocenters. The van der Waals surface area contributed by atoms with Gasteiger partial charge in [0.1, 0.15) is 0 Å². The fourth-order valence-electron chi connectivity index (χ4n) is 0. The van der Waals surface area contributed by atoms with Crippen molar-refractivity contribution in [1.82, 2.24) is 0 Å². The first-order valence-corrected chi connectivity index (χ1v) is 2.53. The molecule has 0 aromatic carbocycles. The van der Waals surface area contributed by atoms with Crippen LogP contribution in [0, 0.1) is 0 Å². The van der Waals surface area contributed by atoms with Gasteiger partial charge in [0.25, 0.3) is 0 Å². The Morgan fingerprint density at radius 3 is 1.62 bits per heavy atom. The van der Waals surface area contributed by atoms with Crippen LogP contribution in [-0.2, 0) is 9.19 Å². The zero-order chi connectivity index (χ0) is 5.21. The van der Waals surface area contributed by atoms with Gasteiger partial charge in [-0.1, -0.05) is 0 Å². The summed E-state index contributed by atoms with van der Waals surface area (Å²) in [7, 11) is -4.37. The van der Waals surface area contributed by atoms with E-state index in [1.807, 2.05) is 0 Å². The zero-order valence-corrected chi connectivity index (χ0v) is 9.63. The summed E-state index contributed by atoms with van der Waals surface area (Å²) in [5.41, 5.74) is 0. The SMILES string of the molecule is NOP(=O)(O)O.[H-].[H-].[Na+].[Na+]. The molecule has 5 nitrogen and oxygen atoms in total. The Bertz CT molecular complexity index is 85.3. The molecule has 0 saturated carbocycles. The first kappa shape index (κ1) is 16.6. The maximum absolute atomic E-state index is 9.35. The number of hydrogen-bond acceptors (Lipinski definition) is 3. The van der Waals surface area contributed by atoms with Crippen molar-refractivity contribution in [3.8, 4) is 0 Å². The summed E-state index contributed by atoms with van der Waals surface area (Å²) < 4.78 is 12.5. The van der Waals surface area contributed by atoms with Gasteiger partial charge in [-0.05, 0) is 0 Å². The molecule has 42 valence electrons. The molecule has 0 spiro atoms. The van der Waals surface area contributed by atoms with Crippen molar-refractivity contribution in [3.63, 3.8) is 0 Å². The molecule has 0 unspecified atom stereocenters. The van der Waals surface area contributed by atoms with Gasteiger partial charge in [-0.2, -0.15) is 0 Å². The predicted octanol–water partition coefficient (Wildman–Crippen LogP) is -6.80. The smallest absolute Gasteiger partial charge is 1.00 e. The Hall–Kier alpha value is 2.07. The molecule has 0 aliphatic heterocycles. The van der Waals surface area contributed by atoms with Crippen LogP contribution in [0.4, 0.5) is 0 Å². The van der Waals surface area contributed by atoms with Crippen LogP contribution in [0.5, 0.6) is 0 Å². The topological polar surface area (TPSA) is 92.8 Å². The molecule has 0 saturated heterocycles. The monoisotopic (exact) mass is 161 g/mol. The number of rotatable bonds is 1. The molecule has 0 rings (SSSR count). The third kappa shape index (κ3) is 15.7. The van der Waals surface area contributed by atoms with Crippen LogP contribution >= 0.6 is 7.82 Å². The quantitative estimate of drug-likeness (QED) is 0.202. The standard InChI is InChI=1S/H4NO4P.2Na.2H/c1-5-6(2,3)4;;;;/h1H2,(H2,2,3,4);;;;/q;2*+1;2*-1. The van der Waals surface area contributed by atoms with E-state index in [0.717, 1.165) is 0 Å². The van der Waals surface area contributed by atoms with Crippen LogP contribution in [-0.4, -0.2) is 9.79 Å². The van der Waals surface area contributed by atoms with Crippen molar-refractivity contribution in [2.45, 2.75) is 0 Å². The van der Waals surface area contributed by atoms with Crippen molar-refractivity contribution in [2.75, 3.05) is 0 Å². The molecule has 0 aromatic heterocycles. The minimum absolute atomic E-state index is 0. The third-order valence-corrected chi connectivity index (χ3v) is 0.412. The van der Waals surface area contributed by atoms with Crippen molar-refractivity contribution >= 4 is 7.82 Å². The number of hydrogen-bond donors (Lipinski definition) is 3. The molecule has 8 heavy (non-hydrogen) atoms. The van der Waals surface area contributed by atoms with Crippen molar-refractivity contribution in [3.05, 3.63) is 0 Å². The van der Waals surface area contributed by atoms with E-state index in [2.05, 4.69) is 10.5 Å². The molecule has 0 aliphatic carbocycles. The van der Waals surface area contributed by atoms with Crippen LogP contribution in [0.3, 0.4) is 0 Å². The van der Waals surface area contributed by atoms with Crippen LogP contribution in [0.25, 0.3) is 0 Å². The number of phosphoric acid groups is 1. The summed E-state index contributed by atoms with van der Waals surface area (Å²) >= 11 is 0. The molecule has 0 amide bonds. The molecule has 0 bridgehead atoms. The van der Waals surface area contributed by atoms with Gasteiger partial charge in [-0.15, -0.1) is 0 Å². The number of nitrogens with two attached hydrogens (primary N) is 1. The Morgan fingerprint density at radius 1 is 1.50 bits per heavy atom. The normalized spacial score (nSPS) is 8.88. The predicted molar refractivity (Wildman–Crippen MR) is 19.5 cm³/mol. The first-order valence-electron chi connectivity index (χ1n) is 1.00. The molecular formula is H6NNa2O4P. The largest absolute Gasteiger partial charge is 1.00 e. The zero-order valence-electron chi connectivity index (χ0n) is 6.74. The fraction of sp³-hybridized carbons (Fsp3) is 0. The van der Waals surface area contributed by atoms with E-state index in [4.69, 9.17) is 9.79 Å². The van der Waals surface area contributed by atoms with Crippen LogP contribution in [0.2, 0.25) is 0 Å². The summed E-state index contributed by atoms with van der Waals surface area (Å²) in [5.74, 6) is 4.04. The summed E-state index contributed by atoms with van der Waals surface area (Å²) in [4.78, 5) is 15.2. The Kier molecular flexibility index (Phi) is 14.9. The first-order chi connectivity index (χ1) is 2.56. The second-order valence-electron chi connectivity index (χ2n) is 0.596. The van der Waals surface area contributed by atoms with Gasteiger partial charge in [-0.3, -0.25) is 0 Å². The van der Waals surface area contributed by atoms with E-state index >= 15 is 0 Å². The summed E-state index contributed by atoms with van der Waals surface area (Å²) in [6.07, 6.45) is 0. The van der Waals surface area contributed by atoms with Crippen molar-refractivity contribution in [2.24, 2.45) is 5.90 Å². The summed E-state index contributed by atoms with van der Waals surface area (Å²) in [6, 6.07) is 0. The van der Waals surface area contributed by atoms with E-state index in [-0.39, 0.29) is 62.0 Å². The Labute approximate surface area is 93.7 Å². The van der Waals surface area contributed by atoms with Gasteiger partial charge >= 0.3 is 66.9 Å². The Morgan fingerprint density at radius 2 is 1.62 bits per heavy atom. The average Bonchev–Trinajstić information content (AvgIpc) is 1.35. The van der Waals surface area contributed by atoms with E-state index in [0.29, 0.717) is 0 Å². The van der Waals surface area contributed by atoms with Gasteiger partial charge in [0.2, 0.25) is 0 Å². The minimum atomic E-state index is -4.37. The molecule has 0 heterocycles. The molecular weight excluding hydrogens is 155 g/mol. The summed E-state index contributed by atoms with van der Waals surface area (Å²) in [5, 5.41) is 0. The molecule has 0 aromatic rings. The van der Waals surface area contributed by atoms with Crippen LogP contribution in [0.1, 0.15) is 2.85 Å². The van der Waals surface area contributed by atoms with Crippen LogP contribution in [0.15, 0.2) is 0 Å². The van der Waals surface area contributed by atoms with Gasteiger partial charge in [0.15, 0.2) is 0 Å². The Balaban J connectivity index is -0.0000000208. The molecule has 0 aliphatic rings. The van der Waals surface area contributed by atoms with E-state index < -0.39 is 7.82 Å². The molecule has 4 N–H and O–H groups in total. The molecule has 0 radical (unpaired) electrons. The molecule has 8 heteroatoms. The fourth-order valence-corrected chi connectivity index (χ4v) is 0. The van der Waals surface area contributed by atoms with Crippen LogP contribution < -0.4 is 65.0 Å². The van der Waals surface area contributed by atoms with Crippen molar-refractivity contribution in [1.29, 1.82) is 0 Å². The maximum Gasteiger partial charge on any atom is 1.00 e. The van der Waals surface area contributed by atoms with Gasteiger partial charge in [-0.25, -0.2) is 15.1 Å². The second-order valence-corrected chi connectivity index (χ2v) is 1.79. The van der Waals surface area contributed by atoms with E-state index in [1.54, 1.807) is 0 Å². The minimum Gasteiger partial charge on any atom is -1.00 e. The molecule has 0 fully saturated rings. The van der Waals surface area contributed by atoms with Crippen molar-refractivity contribution < 1.29 is 80.9 Å². The van der Waals surface area contributed by atoms with Gasteiger partial charge < -0.3 is 12.6 Å². The maximum atomic E-state index is 9.35. The summed E-state index contributed by atoms with van der Waals surface area (Å²) in [6.45, 7) is 0. The van der Waals surface area contributed by atoms with Gasteiger partial charge in [0, 0.05) is 0 Å².